The Hall–Kier alpha value is -2.28. The number of halogens is 1. The average molecular weight is 419 g/mol. The minimum atomic E-state index is -0.184. The molecule has 1 unspecified atom stereocenters. The van der Waals surface area contributed by atoms with E-state index in [1.165, 1.54) is 10.6 Å². The molecule has 1 saturated heterocycles. The van der Waals surface area contributed by atoms with Crippen LogP contribution in [-0.2, 0) is 11.3 Å². The van der Waals surface area contributed by atoms with Gasteiger partial charge in [0.1, 0.15) is 19.8 Å². The zero-order valence-corrected chi connectivity index (χ0v) is 15.8. The molecule has 0 saturated carbocycles. The highest BCUT2D eigenvalue weighted by Crippen LogP contribution is 2.38. The van der Waals surface area contributed by atoms with E-state index in [1.807, 2.05) is 23.1 Å². The summed E-state index contributed by atoms with van der Waals surface area (Å²) < 4.78 is 13.4. The molecule has 26 heavy (non-hydrogen) atoms. The van der Waals surface area contributed by atoms with Gasteiger partial charge < -0.3 is 18.9 Å². The normalized spacial score (nSPS) is 18.8. The van der Waals surface area contributed by atoms with Crippen molar-refractivity contribution in [2.24, 2.45) is 0 Å². The number of carbonyl (C=O) groups excluding carboxylic acids is 1. The van der Waals surface area contributed by atoms with Crippen LogP contribution in [0.1, 0.15) is 24.4 Å². The summed E-state index contributed by atoms with van der Waals surface area (Å²) >= 11 is 3.34. The van der Waals surface area contributed by atoms with Crippen molar-refractivity contribution in [3.63, 3.8) is 0 Å². The van der Waals surface area contributed by atoms with Crippen molar-refractivity contribution in [1.82, 2.24) is 9.47 Å². The second-order valence-electron chi connectivity index (χ2n) is 6.46. The summed E-state index contributed by atoms with van der Waals surface area (Å²) in [6.45, 7) is 1.83. The van der Waals surface area contributed by atoms with E-state index in [1.54, 1.807) is 12.3 Å². The first-order valence-corrected chi connectivity index (χ1v) is 9.46. The van der Waals surface area contributed by atoms with Crippen molar-refractivity contribution in [2.75, 3.05) is 19.8 Å². The van der Waals surface area contributed by atoms with Crippen LogP contribution in [0.25, 0.3) is 0 Å². The van der Waals surface area contributed by atoms with E-state index in [0.717, 1.165) is 34.4 Å². The van der Waals surface area contributed by atoms with Crippen molar-refractivity contribution >= 4 is 21.8 Å². The SMILES string of the molecule is O=C(Cn1cc(Br)ccc1=O)N1CCCC1c1ccc2c(c1)OCCO2. The number of aromatic nitrogens is 1. The number of ether oxygens (including phenoxy) is 2. The van der Waals surface area contributed by atoms with Gasteiger partial charge in [-0.25, -0.2) is 0 Å². The maximum Gasteiger partial charge on any atom is 0.251 e. The molecule has 7 heteroatoms. The van der Waals surface area contributed by atoms with Crippen LogP contribution < -0.4 is 15.0 Å². The highest BCUT2D eigenvalue weighted by molar-refractivity contribution is 9.10. The largest absolute Gasteiger partial charge is 0.486 e. The van der Waals surface area contributed by atoms with Crippen molar-refractivity contribution in [3.8, 4) is 11.5 Å². The summed E-state index contributed by atoms with van der Waals surface area (Å²) in [6, 6.07) is 9.01. The predicted octanol–water partition coefficient (Wildman–Crippen LogP) is 2.75. The molecule has 0 aliphatic carbocycles. The monoisotopic (exact) mass is 418 g/mol. The van der Waals surface area contributed by atoms with Crippen molar-refractivity contribution in [1.29, 1.82) is 0 Å². The standard InChI is InChI=1S/C19H19BrN2O4/c20-14-4-6-18(23)21(11-14)12-19(24)22-7-1-2-15(22)13-3-5-16-17(10-13)26-9-8-25-16/h3-6,10-11,15H,1-2,7-9,12H2. The van der Waals surface area contributed by atoms with Crippen molar-refractivity contribution in [2.45, 2.75) is 25.4 Å². The second kappa shape index (κ2) is 7.15. The highest BCUT2D eigenvalue weighted by Gasteiger charge is 2.31. The molecular formula is C19H19BrN2O4. The Morgan fingerprint density at radius 1 is 1.15 bits per heavy atom. The van der Waals surface area contributed by atoms with E-state index in [2.05, 4.69) is 15.9 Å². The Bertz CT molecular complexity index is 895. The molecule has 1 fully saturated rings. The van der Waals surface area contributed by atoms with Crippen LogP contribution in [0.5, 0.6) is 11.5 Å². The number of hydrogen-bond donors (Lipinski definition) is 0. The smallest absolute Gasteiger partial charge is 0.251 e. The Balaban J connectivity index is 1.55. The predicted molar refractivity (Wildman–Crippen MR) is 99.5 cm³/mol. The number of amides is 1. The van der Waals surface area contributed by atoms with Gasteiger partial charge in [0.05, 0.1) is 6.04 Å². The molecule has 6 nitrogen and oxygen atoms in total. The van der Waals surface area contributed by atoms with E-state index in [4.69, 9.17) is 9.47 Å². The Labute approximate surface area is 159 Å². The zero-order chi connectivity index (χ0) is 18.1. The summed E-state index contributed by atoms with van der Waals surface area (Å²) in [4.78, 5) is 26.7. The summed E-state index contributed by atoms with van der Waals surface area (Å²) in [5, 5.41) is 0. The molecule has 3 heterocycles. The molecule has 1 aromatic carbocycles. The molecule has 1 atom stereocenters. The maximum absolute atomic E-state index is 12.8. The first-order valence-electron chi connectivity index (χ1n) is 8.67. The fourth-order valence-electron chi connectivity index (χ4n) is 3.54. The lowest BCUT2D eigenvalue weighted by Gasteiger charge is -2.27. The number of nitrogens with zero attached hydrogens (tertiary/aromatic N) is 2. The number of hydrogen-bond acceptors (Lipinski definition) is 4. The van der Waals surface area contributed by atoms with Crippen LogP contribution in [-0.4, -0.2) is 35.1 Å². The maximum atomic E-state index is 12.8. The third-order valence-corrected chi connectivity index (χ3v) is 5.25. The third kappa shape index (κ3) is 3.35. The first-order chi connectivity index (χ1) is 12.6. The van der Waals surface area contributed by atoms with Gasteiger partial charge in [-0.3, -0.25) is 9.59 Å². The molecule has 0 spiro atoms. The lowest BCUT2D eigenvalue weighted by atomic mass is 10.0. The van der Waals surface area contributed by atoms with E-state index >= 15 is 0 Å². The number of fused-ring (bicyclic) bond motifs is 1. The topological polar surface area (TPSA) is 60.8 Å². The first kappa shape index (κ1) is 17.1. The molecule has 2 aliphatic rings. The summed E-state index contributed by atoms with van der Waals surface area (Å²) in [6.07, 6.45) is 3.49. The molecule has 2 aromatic rings. The third-order valence-electron chi connectivity index (χ3n) is 4.78. The molecule has 0 N–H and O–H groups in total. The number of likely N-dealkylation sites (tertiary alicyclic amines) is 1. The minimum Gasteiger partial charge on any atom is -0.486 e. The quantitative estimate of drug-likeness (QED) is 0.768. The molecule has 4 rings (SSSR count). The minimum absolute atomic E-state index is 0.00109. The summed E-state index contributed by atoms with van der Waals surface area (Å²) in [5.74, 6) is 1.43. The Kier molecular flexibility index (Phi) is 4.72. The average Bonchev–Trinajstić information content (AvgIpc) is 3.14. The number of carbonyl (C=O) groups is 1. The van der Waals surface area contributed by atoms with E-state index in [9.17, 15) is 9.59 Å². The molecule has 0 radical (unpaired) electrons. The second-order valence-corrected chi connectivity index (χ2v) is 7.38. The molecule has 0 bridgehead atoms. The highest BCUT2D eigenvalue weighted by atomic mass is 79.9. The lowest BCUT2D eigenvalue weighted by molar-refractivity contribution is -0.132. The molecular weight excluding hydrogens is 400 g/mol. The van der Waals surface area contributed by atoms with Crippen molar-refractivity contribution < 1.29 is 14.3 Å². The van der Waals surface area contributed by atoms with Crippen molar-refractivity contribution in [3.05, 3.63) is 56.9 Å². The van der Waals surface area contributed by atoms with E-state index < -0.39 is 0 Å². The fraction of sp³-hybridized carbons (Fsp3) is 0.368. The van der Waals surface area contributed by atoms with Crippen LogP contribution >= 0.6 is 15.9 Å². The van der Waals surface area contributed by atoms with Gasteiger partial charge in [-0.2, -0.15) is 0 Å². The van der Waals surface area contributed by atoms with Crippen LogP contribution in [0.3, 0.4) is 0 Å². The van der Waals surface area contributed by atoms with Gasteiger partial charge in [-0.05, 0) is 52.5 Å². The van der Waals surface area contributed by atoms with Gasteiger partial charge >= 0.3 is 0 Å². The van der Waals surface area contributed by atoms with Gasteiger partial charge in [0.15, 0.2) is 11.5 Å². The van der Waals surface area contributed by atoms with Crippen LogP contribution in [0.2, 0.25) is 0 Å². The number of pyridine rings is 1. The number of rotatable bonds is 3. The molecule has 1 aromatic heterocycles. The van der Waals surface area contributed by atoms with E-state index in [0.29, 0.717) is 19.8 Å². The van der Waals surface area contributed by atoms with Gasteiger partial charge in [-0.1, -0.05) is 6.07 Å². The van der Waals surface area contributed by atoms with Crippen LogP contribution in [0.15, 0.2) is 45.8 Å². The lowest BCUT2D eigenvalue weighted by Crippen LogP contribution is -2.36. The number of benzene rings is 1. The summed E-state index contributed by atoms with van der Waals surface area (Å²) in [5.41, 5.74) is 0.860. The van der Waals surface area contributed by atoms with Crippen LogP contribution in [0, 0.1) is 0 Å². The molecule has 2 aliphatic heterocycles. The molecule has 136 valence electrons. The van der Waals surface area contributed by atoms with Gasteiger partial charge in [-0.15, -0.1) is 0 Å². The Morgan fingerprint density at radius 2 is 1.96 bits per heavy atom. The summed E-state index contributed by atoms with van der Waals surface area (Å²) in [7, 11) is 0. The fourth-order valence-corrected chi connectivity index (χ4v) is 3.92. The van der Waals surface area contributed by atoms with Gasteiger partial charge in [0.2, 0.25) is 5.91 Å². The zero-order valence-electron chi connectivity index (χ0n) is 14.2. The Morgan fingerprint density at radius 3 is 2.81 bits per heavy atom. The van der Waals surface area contributed by atoms with Gasteiger partial charge in [0, 0.05) is 23.3 Å². The molecule has 1 amide bonds. The van der Waals surface area contributed by atoms with Gasteiger partial charge in [0.25, 0.3) is 5.56 Å². The van der Waals surface area contributed by atoms with Crippen LogP contribution in [0.4, 0.5) is 0 Å². The van der Waals surface area contributed by atoms with E-state index in [-0.39, 0.29) is 24.1 Å².